The van der Waals surface area contributed by atoms with E-state index in [2.05, 4.69) is 34.5 Å². The van der Waals surface area contributed by atoms with E-state index in [9.17, 15) is 0 Å². The topological polar surface area (TPSA) is 15.3 Å². The van der Waals surface area contributed by atoms with Crippen molar-refractivity contribution in [3.63, 3.8) is 0 Å². The van der Waals surface area contributed by atoms with Gasteiger partial charge in [-0.3, -0.25) is 0 Å². The van der Waals surface area contributed by atoms with Crippen LogP contribution in [0.2, 0.25) is 0 Å². The second-order valence-electron chi connectivity index (χ2n) is 5.65. The molecule has 1 aromatic carbocycles. The lowest BCUT2D eigenvalue weighted by Gasteiger charge is -2.25. The summed E-state index contributed by atoms with van der Waals surface area (Å²) in [5.74, 6) is 0. The summed E-state index contributed by atoms with van der Waals surface area (Å²) in [6.07, 6.45) is 8.00. The Balaban J connectivity index is 1.56. The first-order valence-corrected chi connectivity index (χ1v) is 7.50. The van der Waals surface area contributed by atoms with Gasteiger partial charge < -0.3 is 10.2 Å². The molecule has 1 N–H and O–H groups in total. The van der Waals surface area contributed by atoms with Gasteiger partial charge in [-0.25, -0.2) is 0 Å². The van der Waals surface area contributed by atoms with Gasteiger partial charge in [0, 0.05) is 24.8 Å². The van der Waals surface area contributed by atoms with Crippen LogP contribution in [0.15, 0.2) is 24.3 Å². The summed E-state index contributed by atoms with van der Waals surface area (Å²) < 4.78 is 0. The number of fused-ring (bicyclic) bond motifs is 1. The van der Waals surface area contributed by atoms with Crippen LogP contribution in [-0.4, -0.2) is 25.7 Å². The van der Waals surface area contributed by atoms with Gasteiger partial charge in [-0.1, -0.05) is 18.2 Å². The first-order chi connectivity index (χ1) is 8.93. The van der Waals surface area contributed by atoms with Crippen molar-refractivity contribution in [1.29, 1.82) is 0 Å². The van der Waals surface area contributed by atoms with Crippen LogP contribution in [0.25, 0.3) is 0 Å². The first-order valence-electron chi connectivity index (χ1n) is 7.50. The molecular formula is C16H24N2. The van der Waals surface area contributed by atoms with Crippen LogP contribution in [-0.2, 0) is 6.42 Å². The largest absolute Gasteiger partial charge is 0.371 e. The predicted octanol–water partition coefficient (Wildman–Crippen LogP) is 2.97. The molecule has 98 valence electrons. The lowest BCUT2D eigenvalue weighted by molar-refractivity contribution is 0.622. The molecular weight excluding hydrogens is 220 g/mol. The van der Waals surface area contributed by atoms with Crippen LogP contribution >= 0.6 is 0 Å². The number of hydrogen-bond acceptors (Lipinski definition) is 2. The minimum atomic E-state index is 0.849. The fraction of sp³-hybridized carbons (Fsp3) is 0.625. The second-order valence-corrected chi connectivity index (χ2v) is 5.65. The van der Waals surface area contributed by atoms with E-state index in [0.717, 1.165) is 6.04 Å². The summed E-state index contributed by atoms with van der Waals surface area (Å²) >= 11 is 0. The van der Waals surface area contributed by atoms with Crippen molar-refractivity contribution in [3.8, 4) is 0 Å². The average Bonchev–Trinajstić information content (AvgIpc) is 3.22. The molecule has 0 bridgehead atoms. The molecule has 0 atom stereocenters. The van der Waals surface area contributed by atoms with Gasteiger partial charge in [-0.2, -0.15) is 0 Å². The average molecular weight is 244 g/mol. The van der Waals surface area contributed by atoms with E-state index in [1.54, 1.807) is 5.56 Å². The third-order valence-corrected chi connectivity index (χ3v) is 4.07. The molecule has 1 aliphatic carbocycles. The number of anilines is 1. The molecule has 2 heteroatoms. The first kappa shape index (κ1) is 12.0. The van der Waals surface area contributed by atoms with Crippen molar-refractivity contribution >= 4 is 5.69 Å². The van der Waals surface area contributed by atoms with Crippen molar-refractivity contribution < 1.29 is 0 Å². The Morgan fingerprint density at radius 2 is 2.06 bits per heavy atom. The zero-order valence-electron chi connectivity index (χ0n) is 11.2. The lowest BCUT2D eigenvalue weighted by atomic mass is 10.1. The summed E-state index contributed by atoms with van der Waals surface area (Å²) in [5, 5.41) is 3.61. The molecule has 1 aliphatic heterocycles. The Hall–Kier alpha value is -1.02. The van der Waals surface area contributed by atoms with Gasteiger partial charge >= 0.3 is 0 Å². The Labute approximate surface area is 110 Å². The normalized spacial score (nSPS) is 19.4. The Morgan fingerprint density at radius 3 is 2.94 bits per heavy atom. The van der Waals surface area contributed by atoms with Gasteiger partial charge in [-0.05, 0) is 56.7 Å². The molecule has 0 unspecified atom stereocenters. The zero-order valence-corrected chi connectivity index (χ0v) is 11.2. The monoisotopic (exact) mass is 244 g/mol. The molecule has 18 heavy (non-hydrogen) atoms. The molecule has 3 rings (SSSR count). The van der Waals surface area contributed by atoms with Gasteiger partial charge in [0.25, 0.3) is 0 Å². The molecule has 0 spiro atoms. The Morgan fingerprint density at radius 1 is 1.17 bits per heavy atom. The van der Waals surface area contributed by atoms with Gasteiger partial charge in [0.05, 0.1) is 0 Å². The number of nitrogens with zero attached hydrogens (tertiary/aromatic N) is 1. The van der Waals surface area contributed by atoms with Gasteiger partial charge in [0.15, 0.2) is 0 Å². The maximum atomic E-state index is 3.61. The smallest absolute Gasteiger partial charge is 0.0398 e. The quantitative estimate of drug-likeness (QED) is 0.801. The molecule has 0 radical (unpaired) electrons. The molecule has 1 aromatic rings. The van der Waals surface area contributed by atoms with E-state index in [1.807, 2.05) is 0 Å². The lowest BCUT2D eigenvalue weighted by Crippen LogP contribution is -2.28. The number of nitrogens with one attached hydrogen (secondary N) is 1. The summed E-state index contributed by atoms with van der Waals surface area (Å²) in [7, 11) is 0. The molecule has 0 aromatic heterocycles. The minimum Gasteiger partial charge on any atom is -0.371 e. The Kier molecular flexibility index (Phi) is 3.84. The summed E-state index contributed by atoms with van der Waals surface area (Å²) in [6, 6.07) is 9.81. The molecule has 2 aliphatic rings. The fourth-order valence-corrected chi connectivity index (χ4v) is 2.87. The fourth-order valence-electron chi connectivity index (χ4n) is 2.87. The highest BCUT2D eigenvalue weighted by atomic mass is 15.1. The van der Waals surface area contributed by atoms with Gasteiger partial charge in [0.2, 0.25) is 0 Å². The molecule has 1 fully saturated rings. The van der Waals surface area contributed by atoms with E-state index in [-0.39, 0.29) is 0 Å². The van der Waals surface area contributed by atoms with Crippen LogP contribution in [0.4, 0.5) is 5.69 Å². The molecule has 0 saturated heterocycles. The van der Waals surface area contributed by atoms with Crippen molar-refractivity contribution in [2.45, 2.75) is 44.6 Å². The van der Waals surface area contributed by atoms with Crippen LogP contribution in [0.3, 0.4) is 0 Å². The van der Waals surface area contributed by atoms with E-state index in [0.29, 0.717) is 0 Å². The van der Waals surface area contributed by atoms with Crippen molar-refractivity contribution in [2.24, 2.45) is 0 Å². The summed E-state index contributed by atoms with van der Waals surface area (Å²) in [6.45, 7) is 3.63. The third kappa shape index (κ3) is 3.05. The molecule has 2 nitrogen and oxygen atoms in total. The number of hydrogen-bond donors (Lipinski definition) is 1. The highest BCUT2D eigenvalue weighted by Crippen LogP contribution is 2.26. The zero-order chi connectivity index (χ0) is 12.2. The maximum absolute atomic E-state index is 3.61. The SMILES string of the molecule is c1ccc2c(c1)CCCCN2CCCNC1CC1. The maximum Gasteiger partial charge on any atom is 0.0398 e. The third-order valence-electron chi connectivity index (χ3n) is 4.07. The second kappa shape index (κ2) is 5.75. The van der Waals surface area contributed by atoms with E-state index in [1.165, 1.54) is 63.8 Å². The molecule has 0 amide bonds. The van der Waals surface area contributed by atoms with Gasteiger partial charge in [0.1, 0.15) is 0 Å². The predicted molar refractivity (Wildman–Crippen MR) is 77.2 cm³/mol. The van der Waals surface area contributed by atoms with Crippen molar-refractivity contribution in [3.05, 3.63) is 29.8 Å². The summed E-state index contributed by atoms with van der Waals surface area (Å²) in [5.41, 5.74) is 3.03. The molecule has 1 saturated carbocycles. The minimum absolute atomic E-state index is 0.849. The number of rotatable bonds is 5. The number of benzene rings is 1. The van der Waals surface area contributed by atoms with Crippen LogP contribution in [0.1, 0.15) is 37.7 Å². The number of para-hydroxylation sites is 1. The Bertz CT molecular complexity index is 384. The van der Waals surface area contributed by atoms with Crippen LogP contribution in [0.5, 0.6) is 0 Å². The van der Waals surface area contributed by atoms with Crippen molar-refractivity contribution in [1.82, 2.24) is 5.32 Å². The number of aryl methyl sites for hydroxylation is 1. The van der Waals surface area contributed by atoms with E-state index in [4.69, 9.17) is 0 Å². The summed E-state index contributed by atoms with van der Waals surface area (Å²) in [4.78, 5) is 2.59. The standard InChI is InChI=1S/C16H24N2/c1-2-8-16-14(6-1)7-3-4-12-18(16)13-5-11-17-15-9-10-15/h1-2,6,8,15,17H,3-5,7,9-13H2. The van der Waals surface area contributed by atoms with Gasteiger partial charge in [-0.15, -0.1) is 0 Å². The van der Waals surface area contributed by atoms with Crippen LogP contribution < -0.4 is 10.2 Å². The molecule has 1 heterocycles. The van der Waals surface area contributed by atoms with E-state index < -0.39 is 0 Å². The highest BCUT2D eigenvalue weighted by molar-refractivity contribution is 5.54. The van der Waals surface area contributed by atoms with Crippen LogP contribution in [0, 0.1) is 0 Å². The van der Waals surface area contributed by atoms with Crippen molar-refractivity contribution in [2.75, 3.05) is 24.5 Å². The highest BCUT2D eigenvalue weighted by Gasteiger charge is 2.20. The van der Waals surface area contributed by atoms with E-state index >= 15 is 0 Å².